The van der Waals surface area contributed by atoms with E-state index < -0.39 is 0 Å². The molecule has 0 bridgehead atoms. The van der Waals surface area contributed by atoms with Gasteiger partial charge in [0, 0.05) is 25.9 Å². The van der Waals surface area contributed by atoms with Crippen molar-refractivity contribution in [1.29, 1.82) is 0 Å². The summed E-state index contributed by atoms with van der Waals surface area (Å²) in [6.07, 6.45) is 1.29. The maximum atomic E-state index is 11.8. The molecular formula is C14H20N2O4. The van der Waals surface area contributed by atoms with Crippen molar-refractivity contribution in [3.05, 3.63) is 22.7 Å². The van der Waals surface area contributed by atoms with Gasteiger partial charge in [0.2, 0.25) is 0 Å². The van der Waals surface area contributed by atoms with Gasteiger partial charge in [-0.05, 0) is 13.8 Å². The normalized spacial score (nSPS) is 17.9. The van der Waals surface area contributed by atoms with Crippen molar-refractivity contribution in [2.75, 3.05) is 26.3 Å². The lowest BCUT2D eigenvalue weighted by Gasteiger charge is -2.08. The van der Waals surface area contributed by atoms with Crippen LogP contribution >= 0.6 is 0 Å². The van der Waals surface area contributed by atoms with Crippen molar-refractivity contribution in [3.63, 3.8) is 0 Å². The van der Waals surface area contributed by atoms with Crippen LogP contribution in [0.1, 0.15) is 26.7 Å². The fourth-order valence-electron chi connectivity index (χ4n) is 2.25. The fraction of sp³-hybridized carbons (Fsp3) is 0.571. The maximum absolute atomic E-state index is 11.8. The molecule has 0 atom stereocenters. The van der Waals surface area contributed by atoms with Gasteiger partial charge in [0.05, 0.1) is 24.4 Å². The summed E-state index contributed by atoms with van der Waals surface area (Å²) >= 11 is 0. The van der Waals surface area contributed by atoms with Gasteiger partial charge >= 0.3 is 0 Å². The molecule has 0 spiro atoms. The summed E-state index contributed by atoms with van der Waals surface area (Å²) in [5.74, 6) is 1.15. The molecule has 0 unspecified atom stereocenters. The van der Waals surface area contributed by atoms with Crippen LogP contribution in [0.4, 0.5) is 0 Å². The third-order valence-electron chi connectivity index (χ3n) is 3.44. The van der Waals surface area contributed by atoms with Gasteiger partial charge < -0.3 is 20.1 Å². The van der Waals surface area contributed by atoms with Crippen LogP contribution in [0.2, 0.25) is 0 Å². The van der Waals surface area contributed by atoms with Gasteiger partial charge in [-0.2, -0.15) is 0 Å². The molecule has 0 fully saturated rings. The zero-order chi connectivity index (χ0) is 14.5. The van der Waals surface area contributed by atoms with E-state index in [-0.39, 0.29) is 11.8 Å². The number of hydrogen-bond acceptors (Lipinski definition) is 4. The molecule has 2 amide bonds. The molecule has 0 saturated heterocycles. The molecule has 0 aromatic carbocycles. The SMILES string of the molecule is CC1=C(C(=O)NCCNC(=O)C2=C(C)OCC2)CCO1. The first-order chi connectivity index (χ1) is 9.59. The Morgan fingerprint density at radius 1 is 0.900 bits per heavy atom. The van der Waals surface area contributed by atoms with Crippen molar-refractivity contribution in [2.45, 2.75) is 26.7 Å². The van der Waals surface area contributed by atoms with E-state index in [1.165, 1.54) is 0 Å². The van der Waals surface area contributed by atoms with E-state index in [4.69, 9.17) is 9.47 Å². The topological polar surface area (TPSA) is 76.7 Å². The Labute approximate surface area is 118 Å². The van der Waals surface area contributed by atoms with Gasteiger partial charge in [0.25, 0.3) is 11.8 Å². The highest BCUT2D eigenvalue weighted by Gasteiger charge is 2.20. The third-order valence-corrected chi connectivity index (χ3v) is 3.44. The highest BCUT2D eigenvalue weighted by molar-refractivity contribution is 5.95. The second-order valence-corrected chi connectivity index (χ2v) is 4.78. The lowest BCUT2D eigenvalue weighted by atomic mass is 10.2. The Kier molecular flexibility index (Phi) is 4.65. The number of carbonyl (C=O) groups excluding carboxylic acids is 2. The van der Waals surface area contributed by atoms with E-state index in [0.717, 1.165) is 0 Å². The van der Waals surface area contributed by atoms with Crippen LogP contribution in [0.5, 0.6) is 0 Å². The van der Waals surface area contributed by atoms with E-state index >= 15 is 0 Å². The summed E-state index contributed by atoms with van der Waals surface area (Å²) in [4.78, 5) is 23.6. The van der Waals surface area contributed by atoms with E-state index in [1.54, 1.807) is 13.8 Å². The molecule has 110 valence electrons. The number of amides is 2. The molecule has 0 radical (unpaired) electrons. The summed E-state index contributed by atoms with van der Waals surface area (Å²) < 4.78 is 10.5. The molecule has 0 aromatic heterocycles. The van der Waals surface area contributed by atoms with Gasteiger partial charge in [0.1, 0.15) is 11.5 Å². The third kappa shape index (κ3) is 3.31. The van der Waals surface area contributed by atoms with Gasteiger partial charge in [-0.1, -0.05) is 0 Å². The van der Waals surface area contributed by atoms with Gasteiger partial charge in [-0.3, -0.25) is 9.59 Å². The van der Waals surface area contributed by atoms with Crippen molar-refractivity contribution in [2.24, 2.45) is 0 Å². The molecule has 0 aliphatic carbocycles. The molecule has 0 saturated carbocycles. The number of nitrogens with one attached hydrogen (secondary N) is 2. The van der Waals surface area contributed by atoms with Crippen LogP contribution in [-0.4, -0.2) is 38.1 Å². The second kappa shape index (κ2) is 6.45. The van der Waals surface area contributed by atoms with Gasteiger partial charge in [-0.25, -0.2) is 0 Å². The zero-order valence-corrected chi connectivity index (χ0v) is 11.9. The molecule has 6 nitrogen and oxygen atoms in total. The van der Waals surface area contributed by atoms with Crippen LogP contribution < -0.4 is 10.6 Å². The quantitative estimate of drug-likeness (QED) is 0.723. The smallest absolute Gasteiger partial charge is 0.250 e. The molecule has 2 aliphatic heterocycles. The zero-order valence-electron chi connectivity index (χ0n) is 11.9. The largest absolute Gasteiger partial charge is 0.497 e. The predicted molar refractivity (Wildman–Crippen MR) is 72.6 cm³/mol. The number of ether oxygens (including phenoxy) is 2. The molecule has 2 heterocycles. The highest BCUT2D eigenvalue weighted by atomic mass is 16.5. The first kappa shape index (κ1) is 14.4. The van der Waals surface area contributed by atoms with Crippen molar-refractivity contribution >= 4 is 11.8 Å². The lowest BCUT2D eigenvalue weighted by Crippen LogP contribution is -2.35. The standard InChI is InChI=1S/C14H20N2O4/c1-9-11(3-7-19-9)13(17)15-5-6-16-14(18)12-4-8-20-10(12)2/h3-8H2,1-2H3,(H,15,17)(H,16,18). The summed E-state index contributed by atoms with van der Waals surface area (Å²) in [5.41, 5.74) is 1.39. The van der Waals surface area contributed by atoms with E-state index in [2.05, 4.69) is 10.6 Å². The lowest BCUT2D eigenvalue weighted by molar-refractivity contribution is -0.119. The number of hydrogen-bond donors (Lipinski definition) is 2. The van der Waals surface area contributed by atoms with Gasteiger partial charge in [-0.15, -0.1) is 0 Å². The van der Waals surface area contributed by atoms with Crippen LogP contribution in [0, 0.1) is 0 Å². The number of carbonyl (C=O) groups is 2. The predicted octanol–water partition coefficient (Wildman–Crippen LogP) is 0.607. The van der Waals surface area contributed by atoms with Crippen molar-refractivity contribution in [1.82, 2.24) is 10.6 Å². The van der Waals surface area contributed by atoms with Crippen molar-refractivity contribution < 1.29 is 19.1 Å². The molecule has 2 rings (SSSR count). The Balaban J connectivity index is 1.69. The average Bonchev–Trinajstić information content (AvgIpc) is 3.02. The molecule has 6 heteroatoms. The Morgan fingerprint density at radius 3 is 1.60 bits per heavy atom. The fourth-order valence-corrected chi connectivity index (χ4v) is 2.25. The minimum atomic E-state index is -0.117. The monoisotopic (exact) mass is 280 g/mol. The molecule has 2 aliphatic rings. The van der Waals surface area contributed by atoms with Crippen LogP contribution in [0.25, 0.3) is 0 Å². The van der Waals surface area contributed by atoms with Crippen LogP contribution in [0.3, 0.4) is 0 Å². The minimum absolute atomic E-state index is 0.117. The summed E-state index contributed by atoms with van der Waals surface area (Å²) in [6, 6.07) is 0. The van der Waals surface area contributed by atoms with E-state index in [0.29, 0.717) is 61.8 Å². The van der Waals surface area contributed by atoms with Crippen LogP contribution in [-0.2, 0) is 19.1 Å². The number of allylic oxidation sites excluding steroid dienone is 2. The number of rotatable bonds is 5. The Hall–Kier alpha value is -1.98. The average molecular weight is 280 g/mol. The molecule has 0 aromatic rings. The van der Waals surface area contributed by atoms with Gasteiger partial charge in [0.15, 0.2) is 0 Å². The highest BCUT2D eigenvalue weighted by Crippen LogP contribution is 2.18. The van der Waals surface area contributed by atoms with Crippen LogP contribution in [0.15, 0.2) is 22.7 Å². The van der Waals surface area contributed by atoms with E-state index in [9.17, 15) is 9.59 Å². The second-order valence-electron chi connectivity index (χ2n) is 4.78. The summed E-state index contributed by atoms with van der Waals surface area (Å²) in [7, 11) is 0. The minimum Gasteiger partial charge on any atom is -0.497 e. The van der Waals surface area contributed by atoms with E-state index in [1.807, 2.05) is 0 Å². The van der Waals surface area contributed by atoms with Crippen molar-refractivity contribution in [3.8, 4) is 0 Å². The summed E-state index contributed by atoms with van der Waals surface area (Å²) in [6.45, 7) is 5.51. The Bertz CT molecular complexity index is 436. The summed E-state index contributed by atoms with van der Waals surface area (Å²) in [5, 5.41) is 5.55. The first-order valence-electron chi connectivity index (χ1n) is 6.81. The maximum Gasteiger partial charge on any atom is 0.250 e. The first-order valence-corrected chi connectivity index (χ1v) is 6.81. The Morgan fingerprint density at radius 2 is 1.30 bits per heavy atom. The molecule has 20 heavy (non-hydrogen) atoms. The molecule has 2 N–H and O–H groups in total. The molecular weight excluding hydrogens is 260 g/mol.